The summed E-state index contributed by atoms with van der Waals surface area (Å²) in [6, 6.07) is 1.62. The molecule has 2 aromatic rings. The van der Waals surface area contributed by atoms with Crippen LogP contribution >= 0.6 is 0 Å². The van der Waals surface area contributed by atoms with E-state index in [1.54, 1.807) is 0 Å². The molecule has 9 heteroatoms. The molecule has 0 nitrogen and oxygen atoms in total. The smallest absolute Gasteiger partial charge is 0.206 e. The average Bonchev–Trinajstić information content (AvgIpc) is 2.71. The standard InChI is InChI=1S/C24H21F9/c1-2-3-12-4-6-13(7-5-12)14-8-16(25)20(17(26)9-14)23(30)22(29)15-10-18(27)21(19(28)11-15)24(31,32)33/h8-13H,2-7H2,1H3. The summed E-state index contributed by atoms with van der Waals surface area (Å²) in [5.74, 6) is -11.0. The van der Waals surface area contributed by atoms with E-state index in [0.717, 1.165) is 37.8 Å². The lowest BCUT2D eigenvalue weighted by molar-refractivity contribution is -0.142. The minimum atomic E-state index is -5.41. The van der Waals surface area contributed by atoms with Crippen molar-refractivity contribution in [2.24, 2.45) is 5.92 Å². The molecule has 0 heterocycles. The van der Waals surface area contributed by atoms with Crippen LogP contribution < -0.4 is 0 Å². The molecule has 0 aliphatic heterocycles. The Balaban J connectivity index is 1.93. The van der Waals surface area contributed by atoms with Crippen LogP contribution in [0.3, 0.4) is 0 Å². The Morgan fingerprint density at radius 2 is 1.30 bits per heavy atom. The molecule has 0 atom stereocenters. The van der Waals surface area contributed by atoms with Gasteiger partial charge in [0.05, 0.1) is 5.56 Å². The van der Waals surface area contributed by atoms with Crippen LogP contribution in [0.25, 0.3) is 11.7 Å². The normalized spacial score (nSPS) is 20.1. The fourth-order valence-electron chi connectivity index (χ4n) is 4.44. The van der Waals surface area contributed by atoms with Gasteiger partial charge in [-0.05, 0) is 67.3 Å². The zero-order valence-corrected chi connectivity index (χ0v) is 17.6. The average molecular weight is 480 g/mol. The minimum absolute atomic E-state index is 0.0836. The number of rotatable bonds is 5. The molecule has 0 aromatic heterocycles. The summed E-state index contributed by atoms with van der Waals surface area (Å²) >= 11 is 0. The van der Waals surface area contributed by atoms with Crippen LogP contribution in [-0.4, -0.2) is 0 Å². The highest BCUT2D eigenvalue weighted by Crippen LogP contribution is 2.41. The van der Waals surface area contributed by atoms with Crippen molar-refractivity contribution in [2.75, 3.05) is 0 Å². The van der Waals surface area contributed by atoms with Gasteiger partial charge >= 0.3 is 6.18 Å². The summed E-state index contributed by atoms with van der Waals surface area (Å²) in [7, 11) is 0. The van der Waals surface area contributed by atoms with E-state index in [0.29, 0.717) is 24.3 Å². The largest absolute Gasteiger partial charge is 0.422 e. The first kappa shape index (κ1) is 25.2. The molecule has 0 bridgehead atoms. The highest BCUT2D eigenvalue weighted by Gasteiger charge is 2.38. The lowest BCUT2D eigenvalue weighted by Gasteiger charge is -2.28. The maximum atomic E-state index is 14.6. The molecule has 1 saturated carbocycles. The monoisotopic (exact) mass is 480 g/mol. The second-order valence-corrected chi connectivity index (χ2v) is 8.31. The topological polar surface area (TPSA) is 0 Å². The molecule has 0 unspecified atom stereocenters. The summed E-state index contributed by atoms with van der Waals surface area (Å²) in [5.41, 5.74) is -4.64. The molecular weight excluding hydrogens is 459 g/mol. The Bertz CT molecular complexity index is 998. The zero-order chi connectivity index (χ0) is 24.5. The first-order valence-corrected chi connectivity index (χ1v) is 10.5. The molecule has 0 radical (unpaired) electrons. The number of hydrogen-bond donors (Lipinski definition) is 0. The first-order chi connectivity index (χ1) is 15.4. The third-order valence-electron chi connectivity index (χ3n) is 6.07. The van der Waals surface area contributed by atoms with Gasteiger partial charge < -0.3 is 0 Å². The summed E-state index contributed by atoms with van der Waals surface area (Å²) in [4.78, 5) is 0. The third kappa shape index (κ3) is 5.38. The lowest BCUT2D eigenvalue weighted by atomic mass is 9.77. The van der Waals surface area contributed by atoms with Gasteiger partial charge in [-0.3, -0.25) is 0 Å². The summed E-state index contributed by atoms with van der Waals surface area (Å²) in [6.45, 7) is 2.07. The fraction of sp³-hybridized carbons (Fsp3) is 0.417. The van der Waals surface area contributed by atoms with Crippen molar-refractivity contribution in [1.82, 2.24) is 0 Å². The number of hydrogen-bond acceptors (Lipinski definition) is 0. The van der Waals surface area contributed by atoms with E-state index in [9.17, 15) is 39.5 Å². The van der Waals surface area contributed by atoms with E-state index >= 15 is 0 Å². The van der Waals surface area contributed by atoms with Crippen LogP contribution in [0.2, 0.25) is 0 Å². The summed E-state index contributed by atoms with van der Waals surface area (Å²) in [5, 5.41) is 0. The number of alkyl halides is 3. The zero-order valence-electron chi connectivity index (χ0n) is 17.6. The van der Waals surface area contributed by atoms with Gasteiger partial charge in [-0.15, -0.1) is 0 Å². The minimum Gasteiger partial charge on any atom is -0.206 e. The second kappa shape index (κ2) is 9.81. The lowest BCUT2D eigenvalue weighted by Crippen LogP contribution is -2.14. The maximum absolute atomic E-state index is 14.6. The Morgan fingerprint density at radius 1 is 0.788 bits per heavy atom. The van der Waals surface area contributed by atoms with Crippen LogP contribution in [0, 0.1) is 29.2 Å². The van der Waals surface area contributed by atoms with Crippen LogP contribution in [0.4, 0.5) is 39.5 Å². The third-order valence-corrected chi connectivity index (χ3v) is 6.07. The molecule has 0 saturated heterocycles. The van der Waals surface area contributed by atoms with Crippen LogP contribution in [0.1, 0.15) is 73.6 Å². The van der Waals surface area contributed by atoms with Gasteiger partial charge in [0.25, 0.3) is 0 Å². The van der Waals surface area contributed by atoms with Gasteiger partial charge in [0.15, 0.2) is 11.7 Å². The molecule has 3 rings (SSSR count). The highest BCUT2D eigenvalue weighted by atomic mass is 19.4. The van der Waals surface area contributed by atoms with Gasteiger partial charge in [-0.25, -0.2) is 26.3 Å². The molecule has 1 aliphatic rings. The van der Waals surface area contributed by atoms with Crippen LogP contribution in [-0.2, 0) is 6.18 Å². The predicted molar refractivity (Wildman–Crippen MR) is 106 cm³/mol. The molecule has 180 valence electrons. The maximum Gasteiger partial charge on any atom is 0.422 e. The van der Waals surface area contributed by atoms with Crippen molar-refractivity contribution in [3.8, 4) is 0 Å². The molecule has 0 spiro atoms. The highest BCUT2D eigenvalue weighted by molar-refractivity contribution is 5.83. The molecular formula is C24H21F9. The Kier molecular flexibility index (Phi) is 7.49. The molecule has 1 aliphatic carbocycles. The SMILES string of the molecule is CCCC1CCC(c2cc(F)c(C(F)=C(F)c3cc(F)c(C(F)(F)F)c(F)c3)c(F)c2)CC1. The van der Waals surface area contributed by atoms with Crippen molar-refractivity contribution in [3.63, 3.8) is 0 Å². The molecule has 33 heavy (non-hydrogen) atoms. The molecule has 0 N–H and O–H groups in total. The van der Waals surface area contributed by atoms with Gasteiger partial charge in [0.2, 0.25) is 0 Å². The second-order valence-electron chi connectivity index (χ2n) is 8.31. The van der Waals surface area contributed by atoms with E-state index in [1.807, 2.05) is 0 Å². The molecule has 0 amide bonds. The van der Waals surface area contributed by atoms with E-state index in [1.165, 1.54) is 0 Å². The van der Waals surface area contributed by atoms with E-state index in [4.69, 9.17) is 0 Å². The van der Waals surface area contributed by atoms with E-state index in [-0.39, 0.29) is 18.1 Å². The Hall–Kier alpha value is -2.45. The van der Waals surface area contributed by atoms with Gasteiger partial charge in [0, 0.05) is 5.56 Å². The van der Waals surface area contributed by atoms with Gasteiger partial charge in [0.1, 0.15) is 28.8 Å². The van der Waals surface area contributed by atoms with E-state index in [2.05, 4.69) is 6.92 Å². The van der Waals surface area contributed by atoms with Gasteiger partial charge in [-0.1, -0.05) is 19.8 Å². The number of benzene rings is 2. The van der Waals surface area contributed by atoms with Crippen LogP contribution in [0.15, 0.2) is 24.3 Å². The fourth-order valence-corrected chi connectivity index (χ4v) is 4.44. The predicted octanol–water partition coefficient (Wildman–Crippen LogP) is 9.10. The Labute approximate surface area is 185 Å². The summed E-state index contributed by atoms with van der Waals surface area (Å²) < 4.78 is 124. The molecule has 2 aromatic carbocycles. The Morgan fingerprint density at radius 3 is 1.76 bits per heavy atom. The first-order valence-electron chi connectivity index (χ1n) is 10.5. The van der Waals surface area contributed by atoms with Crippen molar-refractivity contribution < 1.29 is 39.5 Å². The van der Waals surface area contributed by atoms with Crippen molar-refractivity contribution in [1.29, 1.82) is 0 Å². The van der Waals surface area contributed by atoms with Crippen molar-refractivity contribution in [3.05, 3.63) is 69.8 Å². The quantitative estimate of drug-likeness (QED) is 0.296. The van der Waals surface area contributed by atoms with Crippen LogP contribution in [0.5, 0.6) is 0 Å². The van der Waals surface area contributed by atoms with Crippen molar-refractivity contribution >= 4 is 11.7 Å². The van der Waals surface area contributed by atoms with E-state index < -0.39 is 57.8 Å². The molecule has 1 fully saturated rings. The van der Waals surface area contributed by atoms with Crippen molar-refractivity contribution in [2.45, 2.75) is 57.5 Å². The van der Waals surface area contributed by atoms with Gasteiger partial charge in [-0.2, -0.15) is 13.2 Å². The summed E-state index contributed by atoms with van der Waals surface area (Å²) in [6.07, 6.45) is -0.143. The number of halogens is 9.